The number of ketones is 1. The number of aromatic carboxylic acids is 1. The number of Topliss-reactive ketones (excluding diaryl/α,β-unsaturated/α-hetero) is 1. The molecule has 0 saturated heterocycles. The molecule has 1 unspecified atom stereocenters. The second-order valence-corrected chi connectivity index (χ2v) is 9.40. The van der Waals surface area contributed by atoms with Crippen LogP contribution in [-0.2, 0) is 11.2 Å². The zero-order valence-corrected chi connectivity index (χ0v) is 19.5. The van der Waals surface area contributed by atoms with E-state index >= 15 is 0 Å². The zero-order valence-electron chi connectivity index (χ0n) is 19.5. The lowest BCUT2D eigenvalue weighted by Gasteiger charge is -2.19. The van der Waals surface area contributed by atoms with E-state index in [2.05, 4.69) is 19.1 Å². The van der Waals surface area contributed by atoms with Crippen molar-refractivity contribution in [3.63, 3.8) is 0 Å². The first-order valence-electron chi connectivity index (χ1n) is 11.1. The number of carboxylic acids is 1. The summed E-state index contributed by atoms with van der Waals surface area (Å²) in [6.45, 7) is 9.95. The van der Waals surface area contributed by atoms with Crippen LogP contribution in [0.15, 0.2) is 46.9 Å². The summed E-state index contributed by atoms with van der Waals surface area (Å²) in [6, 6.07) is 13.0. The Balaban J connectivity index is 1.66. The molecule has 0 radical (unpaired) electrons. The number of ether oxygens (including phenoxy) is 1. The maximum absolute atomic E-state index is 12.1. The molecule has 0 spiro atoms. The highest BCUT2D eigenvalue weighted by atomic mass is 16.5. The Morgan fingerprint density at radius 1 is 1.09 bits per heavy atom. The second kappa shape index (κ2) is 9.60. The van der Waals surface area contributed by atoms with Gasteiger partial charge >= 0.3 is 5.97 Å². The number of fused-ring (bicyclic) bond motifs is 1. The molecule has 0 aliphatic heterocycles. The van der Waals surface area contributed by atoms with E-state index in [1.54, 1.807) is 18.2 Å². The van der Waals surface area contributed by atoms with Gasteiger partial charge in [0.2, 0.25) is 0 Å². The predicted octanol–water partition coefficient (Wildman–Crippen LogP) is 6.56. The molecule has 0 fully saturated rings. The average molecular weight is 437 g/mol. The van der Waals surface area contributed by atoms with Gasteiger partial charge in [-0.3, -0.25) is 4.79 Å². The van der Waals surface area contributed by atoms with Crippen molar-refractivity contribution < 1.29 is 23.8 Å². The molecule has 0 aliphatic rings. The standard InChI is InChI=1S/C27H32O5/c1-6-18(7-10-22-15-21-14-20(26(29)30)9-12-24(21)32-22)19-8-11-23(17(2)13-19)31-16-25(28)27(3,4)5/h8-9,11-15,18H,6-7,10,16H2,1-5H3,(H,29,30). The van der Waals surface area contributed by atoms with Crippen molar-refractivity contribution in [2.45, 2.75) is 59.8 Å². The van der Waals surface area contributed by atoms with E-state index in [1.807, 2.05) is 39.8 Å². The number of carboxylic acid groups (broad SMARTS) is 1. The van der Waals surface area contributed by atoms with Crippen LogP contribution >= 0.6 is 0 Å². The van der Waals surface area contributed by atoms with Crippen molar-refractivity contribution in [3.05, 3.63) is 64.9 Å². The molecule has 5 heteroatoms. The lowest BCUT2D eigenvalue weighted by molar-refractivity contribution is -0.128. The first-order chi connectivity index (χ1) is 15.1. The van der Waals surface area contributed by atoms with Crippen LogP contribution in [0.5, 0.6) is 5.75 Å². The van der Waals surface area contributed by atoms with Crippen LogP contribution < -0.4 is 4.74 Å². The highest BCUT2D eigenvalue weighted by Crippen LogP contribution is 2.31. The number of aryl methyl sites for hydroxylation is 2. The minimum Gasteiger partial charge on any atom is -0.486 e. The average Bonchev–Trinajstić information content (AvgIpc) is 3.14. The SMILES string of the molecule is CCC(CCc1cc2cc(C(=O)O)ccc2o1)c1ccc(OCC(=O)C(C)(C)C)c(C)c1. The summed E-state index contributed by atoms with van der Waals surface area (Å²) in [6.07, 6.45) is 2.68. The van der Waals surface area contributed by atoms with Gasteiger partial charge in [-0.15, -0.1) is 0 Å². The molecule has 3 rings (SSSR count). The Labute approximate surface area is 189 Å². The van der Waals surface area contributed by atoms with Crippen molar-refractivity contribution >= 4 is 22.7 Å². The minimum absolute atomic E-state index is 0.0775. The van der Waals surface area contributed by atoms with Crippen molar-refractivity contribution in [1.82, 2.24) is 0 Å². The molecule has 1 atom stereocenters. The predicted molar refractivity (Wildman–Crippen MR) is 126 cm³/mol. The number of carbonyl (C=O) groups is 2. The zero-order chi connectivity index (χ0) is 23.5. The quantitative estimate of drug-likeness (QED) is 0.411. The van der Waals surface area contributed by atoms with Crippen molar-refractivity contribution in [2.75, 3.05) is 6.61 Å². The van der Waals surface area contributed by atoms with Gasteiger partial charge in [-0.25, -0.2) is 4.79 Å². The summed E-state index contributed by atoms with van der Waals surface area (Å²) >= 11 is 0. The molecule has 0 amide bonds. The minimum atomic E-state index is -0.939. The van der Waals surface area contributed by atoms with Gasteiger partial charge in [0.1, 0.15) is 23.7 Å². The van der Waals surface area contributed by atoms with Gasteiger partial charge in [-0.05, 0) is 67.1 Å². The largest absolute Gasteiger partial charge is 0.486 e. The molecule has 3 aromatic rings. The van der Waals surface area contributed by atoms with Gasteiger partial charge in [-0.2, -0.15) is 0 Å². The normalized spacial score (nSPS) is 12.7. The highest BCUT2D eigenvalue weighted by molar-refractivity contribution is 5.93. The van der Waals surface area contributed by atoms with Crippen molar-refractivity contribution in [1.29, 1.82) is 0 Å². The molecule has 0 bridgehead atoms. The second-order valence-electron chi connectivity index (χ2n) is 9.40. The van der Waals surface area contributed by atoms with Crippen LogP contribution in [0, 0.1) is 12.3 Å². The summed E-state index contributed by atoms with van der Waals surface area (Å²) in [5, 5.41) is 9.98. The van der Waals surface area contributed by atoms with Crippen molar-refractivity contribution in [2.24, 2.45) is 5.41 Å². The van der Waals surface area contributed by atoms with E-state index in [0.717, 1.165) is 41.7 Å². The summed E-state index contributed by atoms with van der Waals surface area (Å²) in [5.41, 5.74) is 2.82. The van der Waals surface area contributed by atoms with Crippen LogP contribution in [0.3, 0.4) is 0 Å². The monoisotopic (exact) mass is 436 g/mol. The Morgan fingerprint density at radius 3 is 2.47 bits per heavy atom. The van der Waals surface area contributed by atoms with E-state index in [9.17, 15) is 9.59 Å². The van der Waals surface area contributed by atoms with Gasteiger partial charge in [0.25, 0.3) is 0 Å². The molecule has 1 heterocycles. The van der Waals surface area contributed by atoms with E-state index in [0.29, 0.717) is 11.5 Å². The Hall–Kier alpha value is -3.08. The summed E-state index contributed by atoms with van der Waals surface area (Å²) in [5.74, 6) is 1.10. The van der Waals surface area contributed by atoms with Gasteiger partial charge in [0.05, 0.1) is 5.56 Å². The van der Waals surface area contributed by atoms with E-state index in [-0.39, 0.29) is 18.0 Å². The van der Waals surface area contributed by atoms with Crippen LogP contribution in [0.4, 0.5) is 0 Å². The number of carbonyl (C=O) groups excluding carboxylic acids is 1. The molecule has 5 nitrogen and oxygen atoms in total. The number of hydrogen-bond acceptors (Lipinski definition) is 4. The van der Waals surface area contributed by atoms with E-state index in [1.165, 1.54) is 5.56 Å². The summed E-state index contributed by atoms with van der Waals surface area (Å²) < 4.78 is 11.7. The molecular weight excluding hydrogens is 404 g/mol. The molecule has 0 aliphatic carbocycles. The smallest absolute Gasteiger partial charge is 0.335 e. The number of rotatable bonds is 9. The molecular formula is C27H32O5. The van der Waals surface area contributed by atoms with Gasteiger partial charge in [0, 0.05) is 17.2 Å². The fourth-order valence-electron chi connectivity index (χ4n) is 3.73. The Kier molecular flexibility index (Phi) is 7.07. The third-order valence-electron chi connectivity index (χ3n) is 5.91. The van der Waals surface area contributed by atoms with Crippen molar-refractivity contribution in [3.8, 4) is 5.75 Å². The number of hydrogen-bond donors (Lipinski definition) is 1. The van der Waals surface area contributed by atoms with E-state index in [4.69, 9.17) is 14.3 Å². The van der Waals surface area contributed by atoms with Crippen LogP contribution in [0.2, 0.25) is 0 Å². The molecule has 1 N–H and O–H groups in total. The van der Waals surface area contributed by atoms with Crippen LogP contribution in [0.1, 0.15) is 73.7 Å². The fourth-order valence-corrected chi connectivity index (χ4v) is 3.73. The lowest BCUT2D eigenvalue weighted by atomic mass is 9.90. The molecule has 170 valence electrons. The van der Waals surface area contributed by atoms with Crippen LogP contribution in [0.25, 0.3) is 11.0 Å². The third kappa shape index (κ3) is 5.58. The number of benzene rings is 2. The molecule has 0 saturated carbocycles. The Bertz CT molecular complexity index is 1120. The van der Waals surface area contributed by atoms with E-state index < -0.39 is 11.4 Å². The Morgan fingerprint density at radius 2 is 1.84 bits per heavy atom. The third-order valence-corrected chi connectivity index (χ3v) is 5.91. The molecule has 32 heavy (non-hydrogen) atoms. The number of furan rings is 1. The van der Waals surface area contributed by atoms with Gasteiger partial charge < -0.3 is 14.3 Å². The first kappa shape index (κ1) is 23.6. The van der Waals surface area contributed by atoms with Crippen LogP contribution in [-0.4, -0.2) is 23.5 Å². The highest BCUT2D eigenvalue weighted by Gasteiger charge is 2.22. The van der Waals surface area contributed by atoms with Gasteiger partial charge in [0.15, 0.2) is 5.78 Å². The topological polar surface area (TPSA) is 76.7 Å². The molecule has 2 aromatic carbocycles. The summed E-state index contributed by atoms with van der Waals surface area (Å²) in [7, 11) is 0. The fraction of sp³-hybridized carbons (Fsp3) is 0.407. The lowest BCUT2D eigenvalue weighted by Crippen LogP contribution is -2.26. The molecule has 1 aromatic heterocycles. The first-order valence-corrected chi connectivity index (χ1v) is 11.1. The maximum atomic E-state index is 12.1. The summed E-state index contributed by atoms with van der Waals surface area (Å²) in [4.78, 5) is 23.3. The van der Waals surface area contributed by atoms with Gasteiger partial charge in [-0.1, -0.05) is 39.8 Å². The maximum Gasteiger partial charge on any atom is 0.335 e.